The molecule has 0 aromatic carbocycles. The number of carbonyl (C=O) groups excluding carboxylic acids is 1. The molecule has 0 radical (unpaired) electrons. The Morgan fingerprint density at radius 2 is 2.29 bits per heavy atom. The standard InChI is InChI=1S/C15H20O2/c1-9-5-4-6-15(3)8-13-11(7-12(9)15)10(2)14(16)17-13/h7,9,11,13H,2,4-6,8H2,1,3H3/t9-,11+,13-,15+/m0/s1. The molecule has 4 atom stereocenters. The fraction of sp³-hybridized carbons (Fsp3) is 0.667. The Hall–Kier alpha value is -1.05. The highest BCUT2D eigenvalue weighted by Gasteiger charge is 2.48. The third-order valence-corrected chi connectivity index (χ3v) is 4.93. The maximum Gasteiger partial charge on any atom is 0.334 e. The summed E-state index contributed by atoms with van der Waals surface area (Å²) >= 11 is 0. The summed E-state index contributed by atoms with van der Waals surface area (Å²) in [6.07, 6.45) is 7.13. The first-order valence-electron chi connectivity index (χ1n) is 6.63. The average Bonchev–Trinajstić information content (AvgIpc) is 2.52. The molecule has 3 aliphatic rings. The summed E-state index contributed by atoms with van der Waals surface area (Å²) in [6.45, 7) is 8.53. The molecule has 92 valence electrons. The van der Waals surface area contributed by atoms with Gasteiger partial charge in [0.25, 0.3) is 0 Å². The van der Waals surface area contributed by atoms with Crippen LogP contribution in [0.5, 0.6) is 0 Å². The summed E-state index contributed by atoms with van der Waals surface area (Å²) in [7, 11) is 0. The van der Waals surface area contributed by atoms with Crippen molar-refractivity contribution in [3.05, 3.63) is 23.8 Å². The van der Waals surface area contributed by atoms with Crippen molar-refractivity contribution in [3.8, 4) is 0 Å². The van der Waals surface area contributed by atoms with E-state index in [0.29, 0.717) is 11.5 Å². The van der Waals surface area contributed by atoms with Crippen molar-refractivity contribution < 1.29 is 9.53 Å². The van der Waals surface area contributed by atoms with Crippen molar-refractivity contribution in [2.45, 2.75) is 45.6 Å². The first kappa shape index (κ1) is 11.1. The summed E-state index contributed by atoms with van der Waals surface area (Å²) in [5, 5.41) is 0. The fourth-order valence-corrected chi connectivity index (χ4v) is 3.94. The Morgan fingerprint density at radius 3 is 3.06 bits per heavy atom. The highest BCUT2D eigenvalue weighted by molar-refractivity contribution is 5.91. The van der Waals surface area contributed by atoms with Crippen LogP contribution in [0.3, 0.4) is 0 Å². The Morgan fingerprint density at radius 1 is 1.53 bits per heavy atom. The highest BCUT2D eigenvalue weighted by Crippen LogP contribution is 2.53. The van der Waals surface area contributed by atoms with Gasteiger partial charge in [-0.2, -0.15) is 0 Å². The molecule has 0 spiro atoms. The minimum Gasteiger partial charge on any atom is -0.458 e. The Labute approximate surface area is 103 Å². The fourth-order valence-electron chi connectivity index (χ4n) is 3.94. The summed E-state index contributed by atoms with van der Waals surface area (Å²) in [6, 6.07) is 0. The van der Waals surface area contributed by atoms with Crippen molar-refractivity contribution >= 4 is 5.97 Å². The van der Waals surface area contributed by atoms with Gasteiger partial charge in [0.15, 0.2) is 0 Å². The van der Waals surface area contributed by atoms with Crippen molar-refractivity contribution in [2.24, 2.45) is 17.3 Å². The molecule has 1 saturated heterocycles. The topological polar surface area (TPSA) is 26.3 Å². The Bertz CT molecular complexity index is 421. The zero-order valence-electron chi connectivity index (χ0n) is 10.7. The lowest BCUT2D eigenvalue weighted by Gasteiger charge is -2.45. The van der Waals surface area contributed by atoms with Gasteiger partial charge in [-0.05, 0) is 30.6 Å². The van der Waals surface area contributed by atoms with Crippen LogP contribution >= 0.6 is 0 Å². The second-order valence-corrected chi connectivity index (χ2v) is 6.17. The van der Waals surface area contributed by atoms with E-state index in [0.717, 1.165) is 6.42 Å². The normalized spacial score (nSPS) is 44.8. The van der Waals surface area contributed by atoms with Gasteiger partial charge in [-0.15, -0.1) is 0 Å². The molecule has 1 heterocycles. The second kappa shape index (κ2) is 3.47. The molecular formula is C15H20O2. The van der Waals surface area contributed by atoms with Crippen LogP contribution in [0.2, 0.25) is 0 Å². The van der Waals surface area contributed by atoms with E-state index >= 15 is 0 Å². The van der Waals surface area contributed by atoms with Crippen LogP contribution in [-0.4, -0.2) is 12.1 Å². The Kier molecular flexibility index (Phi) is 2.26. The number of rotatable bonds is 0. The van der Waals surface area contributed by atoms with Gasteiger partial charge in [0.1, 0.15) is 6.10 Å². The molecule has 17 heavy (non-hydrogen) atoms. The number of esters is 1. The van der Waals surface area contributed by atoms with Gasteiger partial charge in [0.05, 0.1) is 0 Å². The molecule has 3 rings (SSSR count). The molecule has 2 fully saturated rings. The van der Waals surface area contributed by atoms with Crippen LogP contribution in [0.15, 0.2) is 23.8 Å². The minimum absolute atomic E-state index is 0.0500. The average molecular weight is 232 g/mol. The van der Waals surface area contributed by atoms with Gasteiger partial charge in [0.2, 0.25) is 0 Å². The van der Waals surface area contributed by atoms with E-state index in [1.807, 2.05) is 0 Å². The molecule has 0 N–H and O–H groups in total. The Balaban J connectivity index is 2.01. The molecule has 2 aliphatic carbocycles. The zero-order chi connectivity index (χ0) is 12.2. The van der Waals surface area contributed by atoms with Gasteiger partial charge in [-0.1, -0.05) is 38.5 Å². The summed E-state index contributed by atoms with van der Waals surface area (Å²) < 4.78 is 5.44. The summed E-state index contributed by atoms with van der Waals surface area (Å²) in [5.41, 5.74) is 2.45. The molecule has 1 aliphatic heterocycles. The third kappa shape index (κ3) is 1.50. The van der Waals surface area contributed by atoms with Crippen LogP contribution in [0.25, 0.3) is 0 Å². The SMILES string of the molecule is C=C1C(=O)O[C@H]2C[C@@]3(C)CCC[C@H](C)C3=C[C@H]12. The molecule has 1 saturated carbocycles. The van der Waals surface area contributed by atoms with Gasteiger partial charge < -0.3 is 4.74 Å². The number of allylic oxidation sites excluding steroid dienone is 1. The van der Waals surface area contributed by atoms with E-state index in [1.54, 1.807) is 5.57 Å². The quantitative estimate of drug-likeness (QED) is 0.364. The third-order valence-electron chi connectivity index (χ3n) is 4.93. The van der Waals surface area contributed by atoms with E-state index in [9.17, 15) is 4.79 Å². The maximum atomic E-state index is 11.6. The van der Waals surface area contributed by atoms with E-state index < -0.39 is 0 Å². The molecule has 0 unspecified atom stereocenters. The van der Waals surface area contributed by atoms with Crippen molar-refractivity contribution in [1.82, 2.24) is 0 Å². The monoisotopic (exact) mass is 232 g/mol. The largest absolute Gasteiger partial charge is 0.458 e. The van der Waals surface area contributed by atoms with Gasteiger partial charge >= 0.3 is 5.97 Å². The predicted octanol–water partition coefficient (Wildman–Crippen LogP) is 3.24. The molecule has 2 nitrogen and oxygen atoms in total. The van der Waals surface area contributed by atoms with Crippen molar-refractivity contribution in [2.75, 3.05) is 0 Å². The zero-order valence-corrected chi connectivity index (χ0v) is 10.7. The molecule has 0 aromatic rings. The number of fused-ring (bicyclic) bond motifs is 2. The van der Waals surface area contributed by atoms with E-state index in [4.69, 9.17) is 4.74 Å². The highest BCUT2D eigenvalue weighted by atomic mass is 16.6. The maximum absolute atomic E-state index is 11.6. The number of hydrogen-bond acceptors (Lipinski definition) is 2. The van der Waals surface area contributed by atoms with Crippen LogP contribution in [0.4, 0.5) is 0 Å². The van der Waals surface area contributed by atoms with E-state index in [-0.39, 0.29) is 23.4 Å². The summed E-state index contributed by atoms with van der Waals surface area (Å²) in [5.74, 6) is 0.607. The van der Waals surface area contributed by atoms with Gasteiger partial charge in [-0.3, -0.25) is 0 Å². The van der Waals surface area contributed by atoms with Crippen LogP contribution in [0.1, 0.15) is 39.5 Å². The first-order valence-corrected chi connectivity index (χ1v) is 6.63. The number of hydrogen-bond donors (Lipinski definition) is 0. The number of ether oxygens (including phenoxy) is 1. The van der Waals surface area contributed by atoms with E-state index in [2.05, 4.69) is 26.5 Å². The molecular weight excluding hydrogens is 212 g/mol. The second-order valence-electron chi connectivity index (χ2n) is 6.17. The lowest BCUT2D eigenvalue weighted by molar-refractivity contribution is -0.140. The van der Waals surface area contributed by atoms with Crippen molar-refractivity contribution in [1.29, 1.82) is 0 Å². The first-order chi connectivity index (χ1) is 8.01. The molecule has 2 heteroatoms. The molecule has 0 aromatic heterocycles. The minimum atomic E-state index is -0.188. The van der Waals surface area contributed by atoms with Gasteiger partial charge in [0, 0.05) is 11.5 Å². The predicted molar refractivity (Wildman–Crippen MR) is 66.3 cm³/mol. The van der Waals surface area contributed by atoms with Crippen molar-refractivity contribution in [3.63, 3.8) is 0 Å². The van der Waals surface area contributed by atoms with Crippen LogP contribution < -0.4 is 0 Å². The lowest BCUT2D eigenvalue weighted by atomic mass is 9.60. The summed E-state index contributed by atoms with van der Waals surface area (Å²) in [4.78, 5) is 11.6. The molecule has 0 amide bonds. The number of carbonyl (C=O) groups is 1. The molecule has 0 bridgehead atoms. The van der Waals surface area contributed by atoms with E-state index in [1.165, 1.54) is 19.3 Å². The van der Waals surface area contributed by atoms with Crippen LogP contribution in [-0.2, 0) is 9.53 Å². The van der Waals surface area contributed by atoms with Crippen LogP contribution in [0, 0.1) is 17.3 Å². The van der Waals surface area contributed by atoms with Gasteiger partial charge in [-0.25, -0.2) is 4.79 Å². The smallest absolute Gasteiger partial charge is 0.334 e. The lowest BCUT2D eigenvalue weighted by Crippen LogP contribution is -2.38.